The lowest BCUT2D eigenvalue weighted by molar-refractivity contribution is -0.116. The van der Waals surface area contributed by atoms with Crippen LogP contribution in [0.1, 0.15) is 24.7 Å². The maximum Gasteiger partial charge on any atom is 0.244 e. The minimum absolute atomic E-state index is 0.0456. The van der Waals surface area contributed by atoms with Crippen LogP contribution < -0.4 is 5.32 Å². The van der Waals surface area contributed by atoms with Gasteiger partial charge in [0.1, 0.15) is 11.3 Å². The molecule has 0 aliphatic carbocycles. The molecule has 1 N–H and O–H groups in total. The minimum Gasteiger partial charge on any atom is -0.460 e. The molecule has 1 amide bonds. The average Bonchev–Trinajstić information content (AvgIpc) is 3.02. The number of carbonyl (C=O) groups excluding carboxylic acids is 1. The summed E-state index contributed by atoms with van der Waals surface area (Å²) in [6.07, 6.45) is 5.28. The molecule has 0 bridgehead atoms. The highest BCUT2D eigenvalue weighted by Gasteiger charge is 2.13. The van der Waals surface area contributed by atoms with Crippen LogP contribution in [-0.2, 0) is 11.2 Å². The Morgan fingerprint density at radius 2 is 2.00 bits per heavy atom. The first-order valence-electron chi connectivity index (χ1n) is 9.54. The topological polar surface area (TPSA) is 48.7 Å². The Bertz CT molecular complexity index is 758. The Kier molecular flexibility index (Phi) is 6.47. The standard InChI is InChI=1S/C21H29N3O2/c1-3-19-18(17-7-4-5-8-20(17)26-19)9-10-21(25)22-11-6-12-24-15-13-23(2)14-16-24/h4-5,7-10H,3,6,11-16H2,1-2H3,(H,22,25)/b10-9+. The molecule has 0 radical (unpaired) electrons. The smallest absolute Gasteiger partial charge is 0.244 e. The molecule has 0 atom stereocenters. The molecule has 0 spiro atoms. The normalized spacial score (nSPS) is 16.5. The lowest BCUT2D eigenvalue weighted by Crippen LogP contribution is -2.45. The van der Waals surface area contributed by atoms with E-state index >= 15 is 0 Å². The highest BCUT2D eigenvalue weighted by atomic mass is 16.3. The van der Waals surface area contributed by atoms with Crippen LogP contribution in [0.5, 0.6) is 0 Å². The number of piperazine rings is 1. The van der Waals surface area contributed by atoms with Gasteiger partial charge in [-0.1, -0.05) is 25.1 Å². The van der Waals surface area contributed by atoms with Crippen molar-refractivity contribution in [3.63, 3.8) is 0 Å². The third kappa shape index (κ3) is 4.74. The van der Waals surface area contributed by atoms with Crippen molar-refractivity contribution < 1.29 is 9.21 Å². The zero-order valence-electron chi connectivity index (χ0n) is 15.8. The van der Waals surface area contributed by atoms with Crippen molar-refractivity contribution >= 4 is 23.0 Å². The van der Waals surface area contributed by atoms with Crippen molar-refractivity contribution in [2.75, 3.05) is 46.3 Å². The van der Waals surface area contributed by atoms with Crippen molar-refractivity contribution in [2.24, 2.45) is 0 Å². The highest BCUT2D eigenvalue weighted by Crippen LogP contribution is 2.27. The molecule has 26 heavy (non-hydrogen) atoms. The number of likely N-dealkylation sites (N-methyl/N-ethyl adjacent to an activating group) is 1. The van der Waals surface area contributed by atoms with E-state index in [2.05, 4.69) is 29.1 Å². The van der Waals surface area contributed by atoms with Gasteiger partial charge >= 0.3 is 0 Å². The number of benzene rings is 1. The van der Waals surface area contributed by atoms with Crippen LogP contribution in [0.4, 0.5) is 0 Å². The maximum atomic E-state index is 12.1. The molecule has 0 unspecified atom stereocenters. The summed E-state index contributed by atoms with van der Waals surface area (Å²) in [5, 5.41) is 4.04. The van der Waals surface area contributed by atoms with Crippen LogP contribution >= 0.6 is 0 Å². The molecule has 1 aromatic heterocycles. The number of aryl methyl sites for hydroxylation is 1. The first kappa shape index (κ1) is 18.7. The molecule has 3 rings (SSSR count). The summed E-state index contributed by atoms with van der Waals surface area (Å²) >= 11 is 0. The van der Waals surface area contributed by atoms with Gasteiger partial charge in [0, 0.05) is 56.2 Å². The first-order valence-corrected chi connectivity index (χ1v) is 9.54. The molecule has 1 saturated heterocycles. The van der Waals surface area contributed by atoms with E-state index < -0.39 is 0 Å². The summed E-state index contributed by atoms with van der Waals surface area (Å²) in [7, 11) is 2.16. The lowest BCUT2D eigenvalue weighted by Gasteiger charge is -2.32. The predicted molar refractivity (Wildman–Crippen MR) is 106 cm³/mol. The van der Waals surface area contributed by atoms with E-state index in [9.17, 15) is 4.79 Å². The number of para-hydroxylation sites is 1. The summed E-state index contributed by atoms with van der Waals surface area (Å²) in [5.74, 6) is 0.876. The SMILES string of the molecule is CCc1oc2ccccc2c1/C=C/C(=O)NCCCN1CCN(C)CC1. The number of nitrogens with one attached hydrogen (secondary N) is 1. The molecule has 1 aliphatic rings. The van der Waals surface area contributed by atoms with Gasteiger partial charge in [-0.05, 0) is 32.2 Å². The molecule has 1 aromatic carbocycles. The summed E-state index contributed by atoms with van der Waals surface area (Å²) < 4.78 is 5.86. The first-order chi connectivity index (χ1) is 12.7. The van der Waals surface area contributed by atoms with Gasteiger partial charge in [0.25, 0.3) is 0 Å². The van der Waals surface area contributed by atoms with E-state index in [4.69, 9.17) is 4.42 Å². The van der Waals surface area contributed by atoms with E-state index in [-0.39, 0.29) is 5.91 Å². The second-order valence-electron chi connectivity index (χ2n) is 6.91. The van der Waals surface area contributed by atoms with Crippen LogP contribution in [0.2, 0.25) is 0 Å². The van der Waals surface area contributed by atoms with Crippen molar-refractivity contribution in [1.29, 1.82) is 0 Å². The number of hydrogen-bond acceptors (Lipinski definition) is 4. The number of nitrogens with zero attached hydrogens (tertiary/aromatic N) is 2. The number of amides is 1. The Hall–Kier alpha value is -2.11. The molecule has 2 heterocycles. The molecule has 5 nitrogen and oxygen atoms in total. The number of fused-ring (bicyclic) bond motifs is 1. The predicted octanol–water partition coefficient (Wildman–Crippen LogP) is 2.76. The Labute approximate surface area is 155 Å². The third-order valence-electron chi connectivity index (χ3n) is 4.98. The van der Waals surface area contributed by atoms with Crippen LogP contribution in [-0.4, -0.2) is 62.0 Å². The van der Waals surface area contributed by atoms with Crippen LogP contribution in [0.15, 0.2) is 34.8 Å². The Balaban J connectivity index is 1.47. The maximum absolute atomic E-state index is 12.1. The average molecular weight is 355 g/mol. The van der Waals surface area contributed by atoms with Gasteiger partial charge < -0.3 is 19.5 Å². The molecule has 1 aliphatic heterocycles. The molecule has 1 fully saturated rings. The van der Waals surface area contributed by atoms with Crippen LogP contribution in [0.3, 0.4) is 0 Å². The fraction of sp³-hybridized carbons (Fsp3) is 0.476. The van der Waals surface area contributed by atoms with Crippen LogP contribution in [0, 0.1) is 0 Å². The quantitative estimate of drug-likeness (QED) is 0.613. The van der Waals surface area contributed by atoms with Gasteiger partial charge in [-0.2, -0.15) is 0 Å². The van der Waals surface area contributed by atoms with Crippen molar-refractivity contribution in [2.45, 2.75) is 19.8 Å². The van der Waals surface area contributed by atoms with E-state index in [1.165, 1.54) is 0 Å². The Morgan fingerprint density at radius 1 is 1.23 bits per heavy atom. The second kappa shape index (κ2) is 9.01. The monoisotopic (exact) mass is 355 g/mol. The van der Waals surface area contributed by atoms with Crippen molar-refractivity contribution in [1.82, 2.24) is 15.1 Å². The molecule has 140 valence electrons. The molecular formula is C21H29N3O2. The highest BCUT2D eigenvalue weighted by molar-refractivity contribution is 5.96. The zero-order valence-corrected chi connectivity index (χ0v) is 15.8. The van der Waals surface area contributed by atoms with Crippen LogP contribution in [0.25, 0.3) is 17.0 Å². The summed E-state index contributed by atoms with van der Waals surface area (Å²) in [6, 6.07) is 7.95. The number of rotatable bonds is 7. The summed E-state index contributed by atoms with van der Waals surface area (Å²) in [5.41, 5.74) is 1.88. The fourth-order valence-corrected chi connectivity index (χ4v) is 3.37. The van der Waals surface area contributed by atoms with E-state index in [1.54, 1.807) is 6.08 Å². The van der Waals surface area contributed by atoms with Gasteiger partial charge in [-0.25, -0.2) is 0 Å². The molecule has 2 aromatic rings. The van der Waals surface area contributed by atoms with Crippen molar-refractivity contribution in [3.05, 3.63) is 41.7 Å². The number of furan rings is 1. The minimum atomic E-state index is -0.0456. The van der Waals surface area contributed by atoms with Gasteiger partial charge in [-0.3, -0.25) is 4.79 Å². The summed E-state index contributed by atoms with van der Waals surface area (Å²) in [4.78, 5) is 16.9. The van der Waals surface area contributed by atoms with Gasteiger partial charge in [0.2, 0.25) is 5.91 Å². The molecule has 5 heteroatoms. The van der Waals surface area contributed by atoms with Gasteiger partial charge in [0.05, 0.1) is 0 Å². The zero-order chi connectivity index (χ0) is 18.4. The fourth-order valence-electron chi connectivity index (χ4n) is 3.37. The number of carbonyl (C=O) groups is 1. The van der Waals surface area contributed by atoms with E-state index in [0.717, 1.165) is 67.9 Å². The largest absolute Gasteiger partial charge is 0.460 e. The van der Waals surface area contributed by atoms with E-state index in [1.807, 2.05) is 30.3 Å². The lowest BCUT2D eigenvalue weighted by atomic mass is 10.1. The van der Waals surface area contributed by atoms with Gasteiger partial charge in [0.15, 0.2) is 0 Å². The number of hydrogen-bond donors (Lipinski definition) is 1. The van der Waals surface area contributed by atoms with Gasteiger partial charge in [-0.15, -0.1) is 0 Å². The second-order valence-corrected chi connectivity index (χ2v) is 6.91. The Morgan fingerprint density at radius 3 is 2.77 bits per heavy atom. The molecular weight excluding hydrogens is 326 g/mol. The summed E-state index contributed by atoms with van der Waals surface area (Å²) in [6.45, 7) is 8.33. The van der Waals surface area contributed by atoms with E-state index in [0.29, 0.717) is 6.54 Å². The molecule has 0 saturated carbocycles. The third-order valence-corrected chi connectivity index (χ3v) is 4.98. The van der Waals surface area contributed by atoms with Crippen molar-refractivity contribution in [3.8, 4) is 0 Å².